The molecule has 1 aromatic heterocycles. The molecule has 0 radical (unpaired) electrons. The molecule has 3 aromatic rings. The van der Waals surface area contributed by atoms with Gasteiger partial charge in [0.1, 0.15) is 7.05 Å². The summed E-state index contributed by atoms with van der Waals surface area (Å²) in [5.41, 5.74) is 9.07. The third-order valence-corrected chi connectivity index (χ3v) is 4.36. The Morgan fingerprint density at radius 1 is 0.682 bits per heavy atom. The van der Waals surface area contributed by atoms with E-state index in [9.17, 15) is 0 Å². The molecule has 110 valence electrons. The van der Waals surface area contributed by atoms with E-state index < -0.39 is 0 Å². The van der Waals surface area contributed by atoms with E-state index in [0.717, 1.165) is 0 Å². The first kappa shape index (κ1) is 14.5. The zero-order valence-corrected chi connectivity index (χ0v) is 13.7. The fourth-order valence-corrected chi connectivity index (χ4v) is 2.93. The minimum atomic E-state index is 1.24. The number of rotatable bonds is 2. The summed E-state index contributed by atoms with van der Waals surface area (Å²) >= 11 is 0. The van der Waals surface area contributed by atoms with Crippen LogP contribution in [0.3, 0.4) is 0 Å². The van der Waals surface area contributed by atoms with Gasteiger partial charge in [-0.05, 0) is 55.2 Å². The van der Waals surface area contributed by atoms with E-state index in [0.29, 0.717) is 0 Å². The van der Waals surface area contributed by atoms with E-state index in [2.05, 4.69) is 93.2 Å². The van der Waals surface area contributed by atoms with Crippen molar-refractivity contribution >= 4 is 0 Å². The molecule has 0 saturated carbocycles. The Balaban J connectivity index is 2.09. The van der Waals surface area contributed by atoms with Crippen LogP contribution in [0.4, 0.5) is 0 Å². The molecule has 0 amide bonds. The second-order valence-corrected chi connectivity index (χ2v) is 6.03. The number of pyridine rings is 1. The Morgan fingerprint density at radius 2 is 1.36 bits per heavy atom. The molecule has 1 heteroatoms. The van der Waals surface area contributed by atoms with Crippen LogP contribution in [0.5, 0.6) is 0 Å². The molecule has 3 rings (SSSR count). The van der Waals surface area contributed by atoms with E-state index in [-0.39, 0.29) is 0 Å². The van der Waals surface area contributed by atoms with Gasteiger partial charge in [0, 0.05) is 17.2 Å². The fourth-order valence-electron chi connectivity index (χ4n) is 2.93. The largest absolute Gasteiger partial charge is 0.212 e. The van der Waals surface area contributed by atoms with Crippen LogP contribution in [0.2, 0.25) is 0 Å². The van der Waals surface area contributed by atoms with Gasteiger partial charge in [0.15, 0.2) is 6.20 Å². The zero-order chi connectivity index (χ0) is 15.7. The third-order valence-electron chi connectivity index (χ3n) is 4.36. The molecule has 0 aliphatic carbocycles. The minimum Gasteiger partial charge on any atom is -0.200 e. The lowest BCUT2D eigenvalue weighted by Crippen LogP contribution is -2.30. The number of aryl methyl sites for hydroxylation is 4. The summed E-state index contributed by atoms with van der Waals surface area (Å²) < 4.78 is 2.22. The Hall–Kier alpha value is -2.41. The molecule has 0 aliphatic heterocycles. The molecule has 0 fully saturated rings. The Kier molecular flexibility index (Phi) is 3.81. The van der Waals surface area contributed by atoms with Crippen LogP contribution >= 0.6 is 0 Å². The van der Waals surface area contributed by atoms with E-state index >= 15 is 0 Å². The fraction of sp³-hybridized carbons (Fsp3) is 0.190. The van der Waals surface area contributed by atoms with Gasteiger partial charge < -0.3 is 0 Å². The van der Waals surface area contributed by atoms with Gasteiger partial charge in [0.05, 0.1) is 0 Å². The van der Waals surface area contributed by atoms with Gasteiger partial charge in [-0.2, -0.15) is 0 Å². The second kappa shape index (κ2) is 5.76. The van der Waals surface area contributed by atoms with E-state index in [1.807, 2.05) is 0 Å². The molecule has 1 heterocycles. The van der Waals surface area contributed by atoms with Crippen molar-refractivity contribution in [3.63, 3.8) is 0 Å². The highest BCUT2D eigenvalue weighted by atomic mass is 14.9. The number of hydrogen-bond acceptors (Lipinski definition) is 0. The molecule has 22 heavy (non-hydrogen) atoms. The standard InChI is InChI=1S/C21H22N/c1-15-12-17(3)20(13-16(15)2)21-11-10-19(14-22(21)4)18-8-6-5-7-9-18/h5-14H,1-4H3/q+1. The van der Waals surface area contributed by atoms with Gasteiger partial charge >= 0.3 is 0 Å². The molecule has 0 unspecified atom stereocenters. The van der Waals surface area contributed by atoms with Crippen molar-refractivity contribution < 1.29 is 4.57 Å². The Morgan fingerprint density at radius 3 is 2.05 bits per heavy atom. The first-order chi connectivity index (χ1) is 10.6. The zero-order valence-electron chi connectivity index (χ0n) is 13.7. The van der Waals surface area contributed by atoms with Gasteiger partial charge in [0.2, 0.25) is 5.69 Å². The lowest BCUT2D eigenvalue weighted by Gasteiger charge is -2.09. The summed E-state index contributed by atoms with van der Waals surface area (Å²) in [6.07, 6.45) is 2.21. The van der Waals surface area contributed by atoms with Gasteiger partial charge in [0.25, 0.3) is 0 Å². The van der Waals surface area contributed by atoms with Gasteiger partial charge in [-0.25, -0.2) is 4.57 Å². The van der Waals surface area contributed by atoms with Crippen LogP contribution < -0.4 is 4.57 Å². The van der Waals surface area contributed by atoms with Crippen molar-refractivity contribution in [2.24, 2.45) is 7.05 Å². The summed E-state index contributed by atoms with van der Waals surface area (Å²) in [5.74, 6) is 0. The SMILES string of the molecule is Cc1cc(C)c(-c2ccc(-c3ccccc3)c[n+]2C)cc1C. The number of benzene rings is 2. The van der Waals surface area contributed by atoms with Crippen molar-refractivity contribution in [3.05, 3.63) is 77.5 Å². The van der Waals surface area contributed by atoms with E-state index in [4.69, 9.17) is 0 Å². The van der Waals surface area contributed by atoms with Crippen LogP contribution in [-0.4, -0.2) is 0 Å². The maximum atomic E-state index is 2.29. The lowest BCUT2D eigenvalue weighted by atomic mass is 9.97. The average molecular weight is 288 g/mol. The first-order valence-electron chi connectivity index (χ1n) is 7.69. The van der Waals surface area contributed by atoms with Crippen LogP contribution in [0.25, 0.3) is 22.4 Å². The highest BCUT2D eigenvalue weighted by Crippen LogP contribution is 2.26. The summed E-state index contributed by atoms with van der Waals surface area (Å²) in [7, 11) is 2.12. The van der Waals surface area contributed by atoms with Crippen molar-refractivity contribution in [2.75, 3.05) is 0 Å². The quantitative estimate of drug-likeness (QED) is 0.598. The smallest absolute Gasteiger partial charge is 0.200 e. The van der Waals surface area contributed by atoms with Crippen LogP contribution in [-0.2, 0) is 7.05 Å². The number of nitrogens with zero attached hydrogens (tertiary/aromatic N) is 1. The number of aromatic nitrogens is 1. The highest BCUT2D eigenvalue weighted by Gasteiger charge is 2.14. The highest BCUT2D eigenvalue weighted by molar-refractivity contribution is 5.67. The molecule has 0 atom stereocenters. The van der Waals surface area contributed by atoms with Crippen molar-refractivity contribution in [2.45, 2.75) is 20.8 Å². The maximum Gasteiger partial charge on any atom is 0.212 e. The van der Waals surface area contributed by atoms with Crippen LogP contribution in [0.1, 0.15) is 16.7 Å². The average Bonchev–Trinajstić information content (AvgIpc) is 2.52. The molecule has 1 nitrogen and oxygen atoms in total. The van der Waals surface area contributed by atoms with Crippen LogP contribution in [0.15, 0.2) is 60.8 Å². The molecule has 0 saturated heterocycles. The maximum absolute atomic E-state index is 2.29. The summed E-state index contributed by atoms with van der Waals surface area (Å²) in [4.78, 5) is 0. The van der Waals surface area contributed by atoms with Crippen LogP contribution in [0, 0.1) is 20.8 Å². The number of hydrogen-bond donors (Lipinski definition) is 0. The van der Waals surface area contributed by atoms with Gasteiger partial charge in [-0.1, -0.05) is 36.4 Å². The molecular formula is C21H22N+. The molecule has 0 bridgehead atoms. The topological polar surface area (TPSA) is 3.88 Å². The Labute approximate surface area is 132 Å². The monoisotopic (exact) mass is 288 g/mol. The molecule has 2 aromatic carbocycles. The molecule has 0 aliphatic rings. The van der Waals surface area contributed by atoms with E-state index in [1.165, 1.54) is 39.1 Å². The molecule has 0 N–H and O–H groups in total. The third kappa shape index (κ3) is 2.67. The summed E-state index contributed by atoms with van der Waals surface area (Å²) in [6.45, 7) is 6.54. The lowest BCUT2D eigenvalue weighted by molar-refractivity contribution is -0.659. The minimum absolute atomic E-state index is 1.24. The predicted molar refractivity (Wildman–Crippen MR) is 92.7 cm³/mol. The van der Waals surface area contributed by atoms with E-state index in [1.54, 1.807) is 0 Å². The second-order valence-electron chi connectivity index (χ2n) is 6.03. The van der Waals surface area contributed by atoms with Crippen molar-refractivity contribution in [1.29, 1.82) is 0 Å². The van der Waals surface area contributed by atoms with Gasteiger partial charge in [-0.3, -0.25) is 0 Å². The van der Waals surface area contributed by atoms with Crippen molar-refractivity contribution in [1.82, 2.24) is 0 Å². The Bertz CT molecular complexity index is 817. The molecule has 0 spiro atoms. The summed E-state index contributed by atoms with van der Waals surface area (Å²) in [6, 6.07) is 19.5. The first-order valence-corrected chi connectivity index (χ1v) is 7.69. The van der Waals surface area contributed by atoms with Gasteiger partial charge in [-0.15, -0.1) is 0 Å². The molecular weight excluding hydrogens is 266 g/mol. The van der Waals surface area contributed by atoms with Crippen molar-refractivity contribution in [3.8, 4) is 22.4 Å². The summed E-state index contributed by atoms with van der Waals surface area (Å²) in [5, 5.41) is 0. The predicted octanol–water partition coefficient (Wildman–Crippen LogP) is 4.77. The normalized spacial score (nSPS) is 10.7.